The van der Waals surface area contributed by atoms with Gasteiger partial charge in [0.15, 0.2) is 11.6 Å². The summed E-state index contributed by atoms with van der Waals surface area (Å²) in [5.41, 5.74) is 0.715. The van der Waals surface area contributed by atoms with E-state index in [4.69, 9.17) is 0 Å². The molecule has 0 aromatic rings. The maximum absolute atomic E-state index is 11.8. The molecule has 0 bridgehead atoms. The highest BCUT2D eigenvalue weighted by molar-refractivity contribution is 6.23. The van der Waals surface area contributed by atoms with Gasteiger partial charge in [-0.05, 0) is 26.2 Å². The molecule has 0 amide bonds. The number of aliphatic hydroxyl groups excluding tert-OH is 2. The fraction of sp³-hybridized carbons (Fsp3) is 0.571. The van der Waals surface area contributed by atoms with E-state index in [-0.39, 0.29) is 23.5 Å². The lowest BCUT2D eigenvalue weighted by Crippen LogP contribution is -2.25. The summed E-state index contributed by atoms with van der Waals surface area (Å²) in [6.45, 7) is 7.40. The third-order valence-corrected chi connectivity index (χ3v) is 3.14. The summed E-state index contributed by atoms with van der Waals surface area (Å²) in [5.74, 6) is -1.92. The molecule has 18 heavy (non-hydrogen) atoms. The van der Waals surface area contributed by atoms with Gasteiger partial charge in [0.05, 0.1) is 5.92 Å². The number of carbonyl (C=O) groups excluding carboxylic acids is 2. The molecule has 4 heteroatoms. The van der Waals surface area contributed by atoms with Crippen LogP contribution in [0, 0.1) is 5.92 Å². The van der Waals surface area contributed by atoms with Gasteiger partial charge in [-0.25, -0.2) is 0 Å². The van der Waals surface area contributed by atoms with Gasteiger partial charge in [-0.15, -0.1) is 6.58 Å². The minimum Gasteiger partial charge on any atom is -0.511 e. The number of aliphatic hydroxyl groups is 2. The van der Waals surface area contributed by atoms with E-state index in [1.807, 2.05) is 13.8 Å². The second-order valence-corrected chi connectivity index (χ2v) is 4.84. The molecule has 1 rings (SSSR count). The standard InChI is InChI=1S/C14H20O4/c1-4-5-10(15)11-12(16)9(7-6-8(2)3)13(17)14(11)18/h9,13,16-17H,2,4-7H2,1,3H3. The smallest absolute Gasteiger partial charge is 0.198 e. The Morgan fingerprint density at radius 2 is 2.00 bits per heavy atom. The van der Waals surface area contributed by atoms with Crippen molar-refractivity contribution >= 4 is 11.6 Å². The summed E-state index contributed by atoms with van der Waals surface area (Å²) in [6.07, 6.45) is 0.561. The van der Waals surface area contributed by atoms with Crippen molar-refractivity contribution in [2.45, 2.75) is 45.6 Å². The number of allylic oxidation sites excluding steroid dienone is 1. The Labute approximate surface area is 107 Å². The van der Waals surface area contributed by atoms with Crippen LogP contribution < -0.4 is 0 Å². The first-order valence-electron chi connectivity index (χ1n) is 6.23. The van der Waals surface area contributed by atoms with Crippen LogP contribution in [0.5, 0.6) is 0 Å². The lowest BCUT2D eigenvalue weighted by Gasteiger charge is -2.13. The molecule has 2 atom stereocenters. The van der Waals surface area contributed by atoms with Crippen LogP contribution in [-0.4, -0.2) is 27.9 Å². The predicted molar refractivity (Wildman–Crippen MR) is 68.1 cm³/mol. The minimum atomic E-state index is -1.29. The van der Waals surface area contributed by atoms with Crippen molar-refractivity contribution < 1.29 is 19.8 Å². The zero-order valence-corrected chi connectivity index (χ0v) is 10.9. The van der Waals surface area contributed by atoms with Gasteiger partial charge in [-0.3, -0.25) is 9.59 Å². The Morgan fingerprint density at radius 3 is 2.50 bits per heavy atom. The lowest BCUT2D eigenvalue weighted by atomic mass is 9.96. The highest BCUT2D eigenvalue weighted by atomic mass is 16.3. The molecule has 0 aliphatic heterocycles. The monoisotopic (exact) mass is 252 g/mol. The second-order valence-electron chi connectivity index (χ2n) is 4.84. The third kappa shape index (κ3) is 2.88. The summed E-state index contributed by atoms with van der Waals surface area (Å²) >= 11 is 0. The maximum Gasteiger partial charge on any atom is 0.198 e. The quantitative estimate of drug-likeness (QED) is 0.560. The zero-order valence-electron chi connectivity index (χ0n) is 10.9. The number of hydrogen-bond donors (Lipinski definition) is 2. The molecule has 1 aliphatic rings. The Kier molecular flexibility index (Phi) is 4.84. The molecular weight excluding hydrogens is 232 g/mol. The van der Waals surface area contributed by atoms with E-state index >= 15 is 0 Å². The van der Waals surface area contributed by atoms with Crippen molar-refractivity contribution in [1.82, 2.24) is 0 Å². The van der Waals surface area contributed by atoms with Crippen LogP contribution >= 0.6 is 0 Å². The highest BCUT2D eigenvalue weighted by Crippen LogP contribution is 2.33. The SMILES string of the molecule is C=C(C)CCC1C(O)=C(C(=O)CCC)C(=O)C1O. The summed E-state index contributed by atoms with van der Waals surface area (Å²) in [4.78, 5) is 23.5. The number of hydrogen-bond acceptors (Lipinski definition) is 4. The van der Waals surface area contributed by atoms with E-state index < -0.39 is 17.8 Å². The van der Waals surface area contributed by atoms with Crippen molar-refractivity contribution in [2.75, 3.05) is 0 Å². The molecule has 0 saturated heterocycles. The van der Waals surface area contributed by atoms with Gasteiger partial charge >= 0.3 is 0 Å². The van der Waals surface area contributed by atoms with Gasteiger partial charge in [0, 0.05) is 6.42 Å². The summed E-state index contributed by atoms with van der Waals surface area (Å²) in [6, 6.07) is 0. The van der Waals surface area contributed by atoms with Crippen molar-refractivity contribution in [3.8, 4) is 0 Å². The number of carbonyl (C=O) groups is 2. The normalized spacial score (nSPS) is 23.6. The van der Waals surface area contributed by atoms with Crippen LogP contribution in [0.15, 0.2) is 23.5 Å². The van der Waals surface area contributed by atoms with Gasteiger partial charge in [0.2, 0.25) is 0 Å². The predicted octanol–water partition coefficient (Wildman–Crippen LogP) is 2.08. The molecule has 0 saturated carbocycles. The second kappa shape index (κ2) is 5.96. The third-order valence-electron chi connectivity index (χ3n) is 3.14. The van der Waals surface area contributed by atoms with Gasteiger partial charge < -0.3 is 10.2 Å². The van der Waals surface area contributed by atoms with Crippen LogP contribution in [0.1, 0.15) is 39.5 Å². The summed E-state index contributed by atoms with van der Waals surface area (Å²) in [5, 5.41) is 19.7. The van der Waals surface area contributed by atoms with E-state index in [0.717, 1.165) is 5.57 Å². The van der Waals surface area contributed by atoms with Gasteiger partial charge in [0.25, 0.3) is 0 Å². The molecule has 2 unspecified atom stereocenters. The molecule has 0 radical (unpaired) electrons. The van der Waals surface area contributed by atoms with E-state index in [2.05, 4.69) is 6.58 Å². The molecule has 0 fully saturated rings. The van der Waals surface area contributed by atoms with Crippen LogP contribution in [0.3, 0.4) is 0 Å². The van der Waals surface area contributed by atoms with Crippen LogP contribution in [0.2, 0.25) is 0 Å². The van der Waals surface area contributed by atoms with Crippen LogP contribution in [0.25, 0.3) is 0 Å². The topological polar surface area (TPSA) is 74.6 Å². The molecule has 0 aromatic carbocycles. The Bertz CT molecular complexity index is 406. The first kappa shape index (κ1) is 14.6. The van der Waals surface area contributed by atoms with Crippen molar-refractivity contribution in [1.29, 1.82) is 0 Å². The largest absolute Gasteiger partial charge is 0.511 e. The van der Waals surface area contributed by atoms with E-state index in [9.17, 15) is 19.8 Å². The fourth-order valence-electron chi connectivity index (χ4n) is 2.12. The molecule has 0 heterocycles. The van der Waals surface area contributed by atoms with Crippen molar-refractivity contribution in [2.24, 2.45) is 5.92 Å². The summed E-state index contributed by atoms with van der Waals surface area (Å²) < 4.78 is 0. The van der Waals surface area contributed by atoms with E-state index in [1.54, 1.807) is 0 Å². The lowest BCUT2D eigenvalue weighted by molar-refractivity contribution is -0.126. The molecule has 0 aromatic heterocycles. The molecule has 100 valence electrons. The Morgan fingerprint density at radius 1 is 1.39 bits per heavy atom. The molecular formula is C14H20O4. The number of ketones is 2. The highest BCUT2D eigenvalue weighted by Gasteiger charge is 2.43. The van der Waals surface area contributed by atoms with Crippen LogP contribution in [0.4, 0.5) is 0 Å². The first-order chi connectivity index (χ1) is 8.40. The van der Waals surface area contributed by atoms with Gasteiger partial charge in [0.1, 0.15) is 17.4 Å². The van der Waals surface area contributed by atoms with E-state index in [1.165, 1.54) is 0 Å². The molecule has 2 N–H and O–H groups in total. The molecule has 0 spiro atoms. The number of rotatable bonds is 6. The molecule has 4 nitrogen and oxygen atoms in total. The van der Waals surface area contributed by atoms with Gasteiger partial charge in [-0.1, -0.05) is 12.5 Å². The fourth-order valence-corrected chi connectivity index (χ4v) is 2.12. The molecule has 1 aliphatic carbocycles. The minimum absolute atomic E-state index is 0.198. The Hall–Kier alpha value is -1.42. The van der Waals surface area contributed by atoms with Crippen LogP contribution in [-0.2, 0) is 9.59 Å². The summed E-state index contributed by atoms with van der Waals surface area (Å²) in [7, 11) is 0. The first-order valence-corrected chi connectivity index (χ1v) is 6.23. The number of Topliss-reactive ketones (excluding diaryl/α,β-unsaturated/α-hetero) is 2. The maximum atomic E-state index is 11.8. The van der Waals surface area contributed by atoms with Crippen molar-refractivity contribution in [3.05, 3.63) is 23.5 Å². The zero-order chi connectivity index (χ0) is 13.9. The van der Waals surface area contributed by atoms with E-state index in [0.29, 0.717) is 19.3 Å². The van der Waals surface area contributed by atoms with Crippen molar-refractivity contribution in [3.63, 3.8) is 0 Å². The van der Waals surface area contributed by atoms with Gasteiger partial charge in [-0.2, -0.15) is 0 Å². The Balaban J connectivity index is 2.91. The average Bonchev–Trinajstić information content (AvgIpc) is 2.48. The average molecular weight is 252 g/mol.